The number of benzene rings is 1. The van der Waals surface area contributed by atoms with Gasteiger partial charge in [0.25, 0.3) is 0 Å². The molecule has 2 N–H and O–H groups in total. The van der Waals surface area contributed by atoms with Gasteiger partial charge < -0.3 is 15.4 Å². The fourth-order valence-corrected chi connectivity index (χ4v) is 3.19. The number of esters is 1. The molecule has 19 heavy (non-hydrogen) atoms. The number of likely N-dealkylation sites (N-methyl/N-ethyl adjacent to an activating group) is 1. The van der Waals surface area contributed by atoms with Crippen LogP contribution in [0.25, 0.3) is 0 Å². The molecule has 5 nitrogen and oxygen atoms in total. The van der Waals surface area contributed by atoms with E-state index in [9.17, 15) is 4.79 Å². The van der Waals surface area contributed by atoms with Crippen LogP contribution in [0.1, 0.15) is 16.8 Å². The maximum Gasteiger partial charge on any atom is 0.340 e. The molecule has 5 heteroatoms. The standard InChI is InChI=1S/C14H19N3O2/c1-16-7-11-5-10(16)8-17(11)9-3-4-13(15)12(6-9)14(18)19-2/h3-4,6,10-11H,5,7-8,15H2,1-2H3/t10?,11-/m0/s1. The Morgan fingerprint density at radius 1 is 1.37 bits per heavy atom. The number of anilines is 2. The van der Waals surface area contributed by atoms with Gasteiger partial charge in [0, 0.05) is 36.5 Å². The monoisotopic (exact) mass is 261 g/mol. The quantitative estimate of drug-likeness (QED) is 0.634. The minimum atomic E-state index is -0.374. The smallest absolute Gasteiger partial charge is 0.340 e. The maximum absolute atomic E-state index is 11.7. The van der Waals surface area contributed by atoms with Crippen molar-refractivity contribution >= 4 is 17.3 Å². The number of carbonyl (C=O) groups is 1. The maximum atomic E-state index is 11.7. The van der Waals surface area contributed by atoms with Crippen molar-refractivity contribution in [2.24, 2.45) is 0 Å². The van der Waals surface area contributed by atoms with Crippen LogP contribution in [0.5, 0.6) is 0 Å². The molecule has 0 aliphatic carbocycles. The van der Waals surface area contributed by atoms with Crippen molar-refractivity contribution in [1.29, 1.82) is 0 Å². The van der Waals surface area contributed by atoms with E-state index in [0.29, 0.717) is 23.3 Å². The van der Waals surface area contributed by atoms with Crippen LogP contribution in [0, 0.1) is 0 Å². The molecule has 1 aromatic carbocycles. The van der Waals surface area contributed by atoms with E-state index in [2.05, 4.69) is 16.8 Å². The summed E-state index contributed by atoms with van der Waals surface area (Å²) in [5.74, 6) is -0.374. The van der Waals surface area contributed by atoms with Gasteiger partial charge in [-0.1, -0.05) is 0 Å². The molecule has 2 fully saturated rings. The topological polar surface area (TPSA) is 58.8 Å². The van der Waals surface area contributed by atoms with E-state index in [1.807, 2.05) is 12.1 Å². The normalized spacial score (nSPS) is 25.9. The summed E-state index contributed by atoms with van der Waals surface area (Å²) < 4.78 is 4.77. The lowest BCUT2D eigenvalue weighted by molar-refractivity contribution is 0.0602. The lowest BCUT2D eigenvalue weighted by atomic mass is 10.1. The zero-order valence-corrected chi connectivity index (χ0v) is 11.3. The first-order chi connectivity index (χ1) is 9.10. The van der Waals surface area contributed by atoms with E-state index in [4.69, 9.17) is 10.5 Å². The van der Waals surface area contributed by atoms with Crippen LogP contribution in [0.15, 0.2) is 18.2 Å². The molecule has 2 aliphatic rings. The van der Waals surface area contributed by atoms with E-state index >= 15 is 0 Å². The number of methoxy groups -OCH3 is 1. The van der Waals surface area contributed by atoms with Crippen molar-refractivity contribution in [2.75, 3.05) is 37.9 Å². The van der Waals surface area contributed by atoms with Gasteiger partial charge in [0.1, 0.15) is 0 Å². The largest absolute Gasteiger partial charge is 0.465 e. The molecule has 2 saturated heterocycles. The van der Waals surface area contributed by atoms with Gasteiger partial charge in [-0.25, -0.2) is 4.79 Å². The predicted molar refractivity (Wildman–Crippen MR) is 74.4 cm³/mol. The number of nitrogens with two attached hydrogens (primary N) is 1. The highest BCUT2D eigenvalue weighted by atomic mass is 16.5. The summed E-state index contributed by atoms with van der Waals surface area (Å²) in [5, 5.41) is 0. The number of carbonyl (C=O) groups excluding carboxylic acids is 1. The molecule has 2 heterocycles. The summed E-state index contributed by atoms with van der Waals surface area (Å²) in [4.78, 5) is 16.5. The van der Waals surface area contributed by atoms with Crippen molar-refractivity contribution in [1.82, 2.24) is 4.90 Å². The van der Waals surface area contributed by atoms with Gasteiger partial charge >= 0.3 is 5.97 Å². The van der Waals surface area contributed by atoms with Gasteiger partial charge in [-0.2, -0.15) is 0 Å². The van der Waals surface area contributed by atoms with Crippen LogP contribution in [-0.2, 0) is 4.74 Å². The highest BCUT2D eigenvalue weighted by molar-refractivity contribution is 5.96. The number of nitrogens with zero attached hydrogens (tertiary/aromatic N) is 2. The number of likely N-dealkylation sites (tertiary alicyclic amines) is 1. The zero-order chi connectivity index (χ0) is 13.6. The van der Waals surface area contributed by atoms with Crippen LogP contribution in [0.2, 0.25) is 0 Å². The lowest BCUT2D eigenvalue weighted by Crippen LogP contribution is -2.44. The Morgan fingerprint density at radius 3 is 2.74 bits per heavy atom. The number of fused-ring (bicyclic) bond motifs is 2. The van der Waals surface area contributed by atoms with Crippen molar-refractivity contribution < 1.29 is 9.53 Å². The summed E-state index contributed by atoms with van der Waals surface area (Å²) in [7, 11) is 3.55. The van der Waals surface area contributed by atoms with Crippen LogP contribution in [-0.4, -0.2) is 50.2 Å². The summed E-state index contributed by atoms with van der Waals surface area (Å²) >= 11 is 0. The molecule has 0 aromatic heterocycles. The molecule has 102 valence electrons. The van der Waals surface area contributed by atoms with Crippen LogP contribution in [0.3, 0.4) is 0 Å². The molecule has 2 bridgehead atoms. The number of rotatable bonds is 2. The molecular weight excluding hydrogens is 242 g/mol. The predicted octanol–water partition coefficient (Wildman–Crippen LogP) is 0.948. The number of piperazine rings is 1. The second-order valence-corrected chi connectivity index (χ2v) is 5.40. The first-order valence-corrected chi connectivity index (χ1v) is 6.55. The highest BCUT2D eigenvalue weighted by Crippen LogP contribution is 2.34. The minimum absolute atomic E-state index is 0.374. The minimum Gasteiger partial charge on any atom is -0.465 e. The average Bonchev–Trinajstić information content (AvgIpc) is 2.97. The third-order valence-corrected chi connectivity index (χ3v) is 4.29. The first-order valence-electron chi connectivity index (χ1n) is 6.55. The van der Waals surface area contributed by atoms with Crippen molar-refractivity contribution in [3.05, 3.63) is 23.8 Å². The average molecular weight is 261 g/mol. The van der Waals surface area contributed by atoms with Gasteiger partial charge in [-0.3, -0.25) is 4.90 Å². The zero-order valence-electron chi connectivity index (χ0n) is 11.3. The molecule has 0 amide bonds. The third-order valence-electron chi connectivity index (χ3n) is 4.29. The lowest BCUT2D eigenvalue weighted by Gasteiger charge is -2.33. The molecule has 0 radical (unpaired) electrons. The van der Waals surface area contributed by atoms with Gasteiger partial charge in [0.2, 0.25) is 0 Å². The van der Waals surface area contributed by atoms with Gasteiger partial charge in [0.05, 0.1) is 12.7 Å². The Bertz CT molecular complexity index is 515. The number of nitrogen functional groups attached to an aromatic ring is 1. The number of hydrogen-bond acceptors (Lipinski definition) is 5. The van der Waals surface area contributed by atoms with E-state index in [-0.39, 0.29) is 5.97 Å². The first kappa shape index (κ1) is 12.3. The third kappa shape index (κ3) is 1.94. The van der Waals surface area contributed by atoms with Crippen molar-refractivity contribution in [3.8, 4) is 0 Å². The second-order valence-electron chi connectivity index (χ2n) is 5.40. The fraction of sp³-hybridized carbons (Fsp3) is 0.500. The molecule has 1 unspecified atom stereocenters. The Kier molecular flexibility index (Phi) is 2.86. The van der Waals surface area contributed by atoms with Gasteiger partial charge in [-0.15, -0.1) is 0 Å². The van der Waals surface area contributed by atoms with Gasteiger partial charge in [-0.05, 0) is 31.7 Å². The molecule has 1 aromatic rings. The highest BCUT2D eigenvalue weighted by Gasteiger charge is 2.41. The van der Waals surface area contributed by atoms with Crippen LogP contribution < -0.4 is 10.6 Å². The van der Waals surface area contributed by atoms with E-state index in [0.717, 1.165) is 18.8 Å². The van der Waals surface area contributed by atoms with Crippen LogP contribution in [0.4, 0.5) is 11.4 Å². The summed E-state index contributed by atoms with van der Waals surface area (Å²) in [5.41, 5.74) is 7.82. The molecule has 0 saturated carbocycles. The van der Waals surface area contributed by atoms with Crippen LogP contribution >= 0.6 is 0 Å². The Morgan fingerprint density at radius 2 is 2.16 bits per heavy atom. The molecular formula is C14H19N3O2. The van der Waals surface area contributed by atoms with Gasteiger partial charge in [0.15, 0.2) is 0 Å². The number of ether oxygens (including phenoxy) is 1. The fourth-order valence-electron chi connectivity index (χ4n) is 3.19. The second kappa shape index (κ2) is 4.42. The summed E-state index contributed by atoms with van der Waals surface area (Å²) in [6.45, 7) is 2.11. The Balaban J connectivity index is 1.89. The van der Waals surface area contributed by atoms with E-state index < -0.39 is 0 Å². The molecule has 0 spiro atoms. The number of hydrogen-bond donors (Lipinski definition) is 1. The van der Waals surface area contributed by atoms with Crippen molar-refractivity contribution in [2.45, 2.75) is 18.5 Å². The molecule has 2 atom stereocenters. The summed E-state index contributed by atoms with van der Waals surface area (Å²) in [6, 6.07) is 6.80. The Labute approximate surface area is 112 Å². The van der Waals surface area contributed by atoms with E-state index in [1.54, 1.807) is 6.07 Å². The van der Waals surface area contributed by atoms with E-state index in [1.165, 1.54) is 13.5 Å². The summed E-state index contributed by atoms with van der Waals surface area (Å²) in [6.07, 6.45) is 1.20. The molecule has 2 aliphatic heterocycles. The molecule has 3 rings (SSSR count). The SMILES string of the molecule is COC(=O)c1cc(N2CC3C[C@H]2CN3C)ccc1N. The Hall–Kier alpha value is -1.75. The van der Waals surface area contributed by atoms with Crippen molar-refractivity contribution in [3.63, 3.8) is 0 Å².